The Kier molecular flexibility index (Phi) is 3.72. The molecule has 1 aliphatic heterocycles. The largest absolute Gasteiger partial charge is 0.399 e. The molecule has 2 rings (SSSR count). The summed E-state index contributed by atoms with van der Waals surface area (Å²) >= 11 is 0. The quantitative estimate of drug-likeness (QED) is 0.775. The number of carbonyl (C=O) groups is 1. The molecule has 0 aliphatic carbocycles. The van der Waals surface area contributed by atoms with Gasteiger partial charge in [-0.3, -0.25) is 4.79 Å². The summed E-state index contributed by atoms with van der Waals surface area (Å²) in [7, 11) is 1.71. The van der Waals surface area contributed by atoms with Gasteiger partial charge in [0.05, 0.1) is 12.2 Å². The van der Waals surface area contributed by atoms with E-state index in [9.17, 15) is 4.79 Å². The molecule has 18 heavy (non-hydrogen) atoms. The molecular formula is C13H19N3O2. The summed E-state index contributed by atoms with van der Waals surface area (Å²) < 4.78 is 5.17. The van der Waals surface area contributed by atoms with Gasteiger partial charge in [-0.25, -0.2) is 0 Å². The van der Waals surface area contributed by atoms with Gasteiger partial charge in [-0.15, -0.1) is 0 Å². The first-order chi connectivity index (χ1) is 8.61. The molecule has 0 radical (unpaired) electrons. The number of nitrogen functional groups attached to an aromatic ring is 1. The molecule has 1 fully saturated rings. The van der Waals surface area contributed by atoms with E-state index in [-0.39, 0.29) is 0 Å². The van der Waals surface area contributed by atoms with Crippen molar-refractivity contribution in [2.24, 2.45) is 11.7 Å². The maximum atomic E-state index is 11.5. The minimum Gasteiger partial charge on any atom is -0.399 e. The van der Waals surface area contributed by atoms with E-state index in [1.165, 1.54) is 0 Å². The van der Waals surface area contributed by atoms with Crippen LogP contribution in [0.1, 0.15) is 16.8 Å². The summed E-state index contributed by atoms with van der Waals surface area (Å²) in [6.45, 7) is 2.55. The smallest absolute Gasteiger partial charge is 0.250 e. The first-order valence-electron chi connectivity index (χ1n) is 6.05. The van der Waals surface area contributed by atoms with Gasteiger partial charge < -0.3 is 21.1 Å². The third-order valence-corrected chi connectivity index (χ3v) is 3.31. The van der Waals surface area contributed by atoms with E-state index < -0.39 is 5.91 Å². The van der Waals surface area contributed by atoms with Crippen LogP contribution in [0, 0.1) is 5.92 Å². The van der Waals surface area contributed by atoms with Crippen LogP contribution < -0.4 is 16.4 Å². The van der Waals surface area contributed by atoms with Crippen LogP contribution in [0.5, 0.6) is 0 Å². The number of carbonyl (C=O) groups excluding carboxylic acids is 1. The highest BCUT2D eigenvalue weighted by molar-refractivity contribution is 5.99. The van der Waals surface area contributed by atoms with Crippen molar-refractivity contribution in [1.29, 1.82) is 0 Å². The Morgan fingerprint density at radius 3 is 3.00 bits per heavy atom. The molecule has 5 heteroatoms. The summed E-state index contributed by atoms with van der Waals surface area (Å²) in [5.41, 5.74) is 13.0. The third kappa shape index (κ3) is 2.56. The minimum atomic E-state index is -0.438. The molecule has 1 heterocycles. The van der Waals surface area contributed by atoms with Gasteiger partial charge in [-0.1, -0.05) is 0 Å². The maximum absolute atomic E-state index is 11.5. The lowest BCUT2D eigenvalue weighted by Crippen LogP contribution is -2.25. The van der Waals surface area contributed by atoms with Crippen molar-refractivity contribution in [3.8, 4) is 0 Å². The predicted octanol–water partition coefficient (Wildman–Crippen LogP) is 0.840. The topological polar surface area (TPSA) is 81.6 Å². The molecule has 0 spiro atoms. The molecule has 1 aliphatic rings. The second-order valence-corrected chi connectivity index (χ2v) is 4.70. The van der Waals surface area contributed by atoms with Gasteiger partial charge in [-0.05, 0) is 24.6 Å². The lowest BCUT2D eigenvalue weighted by Gasteiger charge is -2.21. The van der Waals surface area contributed by atoms with E-state index in [1.54, 1.807) is 19.2 Å². The minimum absolute atomic E-state index is 0.438. The monoisotopic (exact) mass is 249 g/mol. The van der Waals surface area contributed by atoms with Crippen LogP contribution in [-0.4, -0.2) is 32.7 Å². The van der Waals surface area contributed by atoms with E-state index in [0.717, 1.165) is 31.8 Å². The summed E-state index contributed by atoms with van der Waals surface area (Å²) in [6, 6.07) is 5.30. The molecule has 1 amide bonds. The van der Waals surface area contributed by atoms with Crippen molar-refractivity contribution >= 4 is 17.3 Å². The highest BCUT2D eigenvalue weighted by atomic mass is 16.5. The number of primary amides is 1. The fourth-order valence-electron chi connectivity index (χ4n) is 2.45. The van der Waals surface area contributed by atoms with E-state index >= 15 is 0 Å². The fourth-order valence-corrected chi connectivity index (χ4v) is 2.45. The molecule has 5 nitrogen and oxygen atoms in total. The van der Waals surface area contributed by atoms with E-state index in [4.69, 9.17) is 16.2 Å². The Labute approximate surface area is 107 Å². The van der Waals surface area contributed by atoms with Crippen LogP contribution >= 0.6 is 0 Å². The number of hydrogen-bond acceptors (Lipinski definition) is 4. The average Bonchev–Trinajstić information content (AvgIpc) is 2.78. The Morgan fingerprint density at radius 1 is 1.56 bits per heavy atom. The number of anilines is 2. The summed E-state index contributed by atoms with van der Waals surface area (Å²) in [5, 5.41) is 0. The number of rotatable bonds is 4. The predicted molar refractivity (Wildman–Crippen MR) is 71.6 cm³/mol. The van der Waals surface area contributed by atoms with Crippen LogP contribution in [0.25, 0.3) is 0 Å². The second-order valence-electron chi connectivity index (χ2n) is 4.70. The van der Waals surface area contributed by atoms with Crippen molar-refractivity contribution in [1.82, 2.24) is 0 Å². The molecular weight excluding hydrogens is 230 g/mol. The highest BCUT2D eigenvalue weighted by Gasteiger charge is 2.25. The molecule has 98 valence electrons. The van der Waals surface area contributed by atoms with Gasteiger partial charge in [0.1, 0.15) is 0 Å². The summed E-state index contributed by atoms with van der Waals surface area (Å²) in [6.07, 6.45) is 1.07. The van der Waals surface area contributed by atoms with Crippen LogP contribution in [0.15, 0.2) is 18.2 Å². The van der Waals surface area contributed by atoms with Crippen LogP contribution in [0.3, 0.4) is 0 Å². The van der Waals surface area contributed by atoms with E-state index in [2.05, 4.69) is 4.90 Å². The standard InChI is InChI=1S/C13H19N3O2/c1-18-8-9-4-5-16(7-9)12-3-2-10(14)6-11(12)13(15)17/h2-3,6,9H,4-5,7-8,14H2,1H3,(H2,15,17). The van der Waals surface area contributed by atoms with Crippen molar-refractivity contribution in [3.05, 3.63) is 23.8 Å². The van der Waals surface area contributed by atoms with Crippen molar-refractivity contribution in [2.75, 3.05) is 37.4 Å². The van der Waals surface area contributed by atoms with Crippen LogP contribution in [-0.2, 0) is 4.74 Å². The van der Waals surface area contributed by atoms with E-state index in [0.29, 0.717) is 17.2 Å². The third-order valence-electron chi connectivity index (χ3n) is 3.31. The first kappa shape index (κ1) is 12.7. The maximum Gasteiger partial charge on any atom is 0.250 e. The van der Waals surface area contributed by atoms with Gasteiger partial charge in [0.25, 0.3) is 5.91 Å². The van der Waals surface area contributed by atoms with Gasteiger partial charge in [0, 0.05) is 37.5 Å². The number of benzene rings is 1. The van der Waals surface area contributed by atoms with Gasteiger partial charge in [-0.2, -0.15) is 0 Å². The number of amides is 1. The summed E-state index contributed by atoms with van der Waals surface area (Å²) in [4.78, 5) is 13.6. The molecule has 1 unspecified atom stereocenters. The van der Waals surface area contributed by atoms with Crippen LogP contribution in [0.2, 0.25) is 0 Å². The highest BCUT2D eigenvalue weighted by Crippen LogP contribution is 2.28. The Balaban J connectivity index is 2.21. The average molecular weight is 249 g/mol. The fraction of sp³-hybridized carbons (Fsp3) is 0.462. The van der Waals surface area contributed by atoms with Gasteiger partial charge >= 0.3 is 0 Å². The van der Waals surface area contributed by atoms with Gasteiger partial charge in [0.2, 0.25) is 0 Å². The molecule has 0 bridgehead atoms. The first-order valence-corrected chi connectivity index (χ1v) is 6.05. The molecule has 1 saturated heterocycles. The number of methoxy groups -OCH3 is 1. The zero-order valence-electron chi connectivity index (χ0n) is 10.6. The molecule has 1 atom stereocenters. The van der Waals surface area contributed by atoms with Crippen molar-refractivity contribution in [3.63, 3.8) is 0 Å². The van der Waals surface area contributed by atoms with Crippen molar-refractivity contribution in [2.45, 2.75) is 6.42 Å². The molecule has 1 aromatic rings. The molecule has 0 saturated carbocycles. The second kappa shape index (κ2) is 5.27. The van der Waals surface area contributed by atoms with Crippen molar-refractivity contribution < 1.29 is 9.53 Å². The normalized spacial score (nSPS) is 19.2. The zero-order valence-corrected chi connectivity index (χ0v) is 10.6. The number of nitrogens with zero attached hydrogens (tertiary/aromatic N) is 1. The lowest BCUT2D eigenvalue weighted by atomic mass is 10.1. The number of ether oxygens (including phenoxy) is 1. The van der Waals surface area contributed by atoms with Gasteiger partial charge in [0.15, 0.2) is 0 Å². The molecule has 4 N–H and O–H groups in total. The lowest BCUT2D eigenvalue weighted by molar-refractivity contribution is 0.100. The SMILES string of the molecule is COCC1CCN(c2ccc(N)cc2C(N)=O)C1. The van der Waals surface area contributed by atoms with Crippen LogP contribution in [0.4, 0.5) is 11.4 Å². The molecule has 0 aromatic heterocycles. The molecule has 1 aromatic carbocycles. The zero-order chi connectivity index (χ0) is 13.1. The van der Waals surface area contributed by atoms with E-state index in [1.807, 2.05) is 6.07 Å². The number of nitrogens with two attached hydrogens (primary N) is 2. The Bertz CT molecular complexity index is 448. The Hall–Kier alpha value is -1.75. The summed E-state index contributed by atoms with van der Waals surface area (Å²) in [5.74, 6) is 0.0702. The number of hydrogen-bond donors (Lipinski definition) is 2. The Morgan fingerprint density at radius 2 is 2.33 bits per heavy atom.